The molecule has 0 aromatic heterocycles. The second kappa shape index (κ2) is 10.7. The van der Waals surface area contributed by atoms with E-state index in [0.717, 1.165) is 18.4 Å². The number of unbranched alkanes of at least 4 members (excludes halogenated alkanes) is 1. The van der Waals surface area contributed by atoms with E-state index >= 15 is 0 Å². The molecular weight excluding hydrogens is 511 g/mol. The zero-order chi connectivity index (χ0) is 21.5. The van der Waals surface area contributed by atoms with Gasteiger partial charge in [0, 0.05) is 22.0 Å². The Balaban J connectivity index is 2.06. The lowest BCUT2D eigenvalue weighted by Gasteiger charge is -2.32. The van der Waals surface area contributed by atoms with Gasteiger partial charge >= 0.3 is 6.03 Å². The normalized spacial score (nSPS) is 10.7. The Kier molecular flexibility index (Phi) is 8.05. The SMILES string of the molecule is CCCCN(Cc1ccccc1)C(=O)N(c1ccccc1)c1c(Br)cc(F)cc1Br. The average molecular weight is 534 g/mol. The molecule has 0 aliphatic carbocycles. The molecule has 0 saturated carbocycles. The van der Waals surface area contributed by atoms with Gasteiger partial charge in [-0.2, -0.15) is 0 Å². The van der Waals surface area contributed by atoms with E-state index in [0.29, 0.717) is 33.4 Å². The molecule has 0 saturated heterocycles. The third-order valence-electron chi connectivity index (χ3n) is 4.68. The molecule has 3 nitrogen and oxygen atoms in total. The Morgan fingerprint density at radius 2 is 1.50 bits per heavy atom. The number of carbonyl (C=O) groups excluding carboxylic acids is 1. The predicted octanol–water partition coefficient (Wildman–Crippen LogP) is 7.91. The van der Waals surface area contributed by atoms with Crippen LogP contribution in [-0.4, -0.2) is 17.5 Å². The predicted molar refractivity (Wildman–Crippen MR) is 128 cm³/mol. The summed E-state index contributed by atoms with van der Waals surface area (Å²) in [6, 6.07) is 21.9. The molecule has 0 heterocycles. The van der Waals surface area contributed by atoms with Crippen LogP contribution < -0.4 is 4.90 Å². The Hall–Kier alpha value is -2.18. The smallest absolute Gasteiger partial charge is 0.320 e. The first kappa shape index (κ1) is 22.5. The van der Waals surface area contributed by atoms with Crippen LogP contribution in [0, 0.1) is 5.82 Å². The molecule has 0 bridgehead atoms. The number of amides is 2. The monoisotopic (exact) mass is 532 g/mol. The number of hydrogen-bond donors (Lipinski definition) is 0. The van der Waals surface area contributed by atoms with Crippen LogP contribution in [0.15, 0.2) is 81.7 Å². The topological polar surface area (TPSA) is 23.6 Å². The third kappa shape index (κ3) is 5.49. The van der Waals surface area contributed by atoms with Crippen molar-refractivity contribution >= 4 is 49.3 Å². The van der Waals surface area contributed by atoms with Crippen LogP contribution in [0.3, 0.4) is 0 Å². The molecular formula is C24H23Br2FN2O. The average Bonchev–Trinajstić information content (AvgIpc) is 2.74. The van der Waals surface area contributed by atoms with Gasteiger partial charge in [0.25, 0.3) is 0 Å². The van der Waals surface area contributed by atoms with Gasteiger partial charge in [0.15, 0.2) is 0 Å². The Morgan fingerprint density at radius 3 is 2.07 bits per heavy atom. The summed E-state index contributed by atoms with van der Waals surface area (Å²) in [4.78, 5) is 17.3. The summed E-state index contributed by atoms with van der Waals surface area (Å²) in [5.74, 6) is -0.384. The van der Waals surface area contributed by atoms with Crippen LogP contribution in [0.25, 0.3) is 0 Å². The number of urea groups is 1. The van der Waals surface area contributed by atoms with Crippen molar-refractivity contribution in [3.63, 3.8) is 0 Å². The highest BCUT2D eigenvalue weighted by Gasteiger charge is 2.27. The zero-order valence-electron chi connectivity index (χ0n) is 16.7. The maximum atomic E-state index is 13.9. The van der Waals surface area contributed by atoms with Gasteiger partial charge in [-0.1, -0.05) is 61.9 Å². The van der Waals surface area contributed by atoms with Crippen molar-refractivity contribution in [1.29, 1.82) is 0 Å². The molecule has 6 heteroatoms. The van der Waals surface area contributed by atoms with Crippen LogP contribution in [0.4, 0.5) is 20.6 Å². The highest BCUT2D eigenvalue weighted by molar-refractivity contribution is 9.11. The van der Waals surface area contributed by atoms with E-state index in [2.05, 4.69) is 38.8 Å². The molecule has 0 unspecified atom stereocenters. The number of nitrogens with zero attached hydrogens (tertiary/aromatic N) is 2. The summed E-state index contributed by atoms with van der Waals surface area (Å²) < 4.78 is 14.9. The fraction of sp³-hybridized carbons (Fsp3) is 0.208. The number of halogens is 3. The van der Waals surface area contributed by atoms with Crippen molar-refractivity contribution in [2.24, 2.45) is 0 Å². The summed E-state index contributed by atoms with van der Waals surface area (Å²) in [7, 11) is 0. The Labute approximate surface area is 193 Å². The molecule has 30 heavy (non-hydrogen) atoms. The first-order valence-electron chi connectivity index (χ1n) is 9.83. The lowest BCUT2D eigenvalue weighted by molar-refractivity contribution is 0.203. The highest BCUT2D eigenvalue weighted by atomic mass is 79.9. The molecule has 3 aromatic carbocycles. The van der Waals surface area contributed by atoms with Crippen LogP contribution in [-0.2, 0) is 6.54 Å². The minimum absolute atomic E-state index is 0.161. The zero-order valence-corrected chi connectivity index (χ0v) is 19.9. The van der Waals surface area contributed by atoms with Gasteiger partial charge < -0.3 is 4.90 Å². The summed E-state index contributed by atoms with van der Waals surface area (Å²) in [5.41, 5.74) is 2.35. The number of hydrogen-bond acceptors (Lipinski definition) is 1. The number of carbonyl (C=O) groups is 1. The fourth-order valence-corrected chi connectivity index (χ4v) is 4.68. The lowest BCUT2D eigenvalue weighted by Crippen LogP contribution is -2.41. The molecule has 156 valence electrons. The van der Waals surface area contributed by atoms with E-state index < -0.39 is 0 Å². The molecule has 0 atom stereocenters. The molecule has 0 aliphatic rings. The second-order valence-corrected chi connectivity index (χ2v) is 8.64. The maximum Gasteiger partial charge on any atom is 0.329 e. The first-order chi connectivity index (χ1) is 14.5. The van der Waals surface area contributed by atoms with Crippen molar-refractivity contribution in [3.05, 3.63) is 93.1 Å². The van der Waals surface area contributed by atoms with Crippen LogP contribution >= 0.6 is 31.9 Å². The third-order valence-corrected chi connectivity index (χ3v) is 5.89. The van der Waals surface area contributed by atoms with E-state index in [1.54, 1.807) is 4.90 Å². The largest absolute Gasteiger partial charge is 0.329 e. The van der Waals surface area contributed by atoms with E-state index in [1.165, 1.54) is 12.1 Å². The van der Waals surface area contributed by atoms with Gasteiger partial charge in [0.1, 0.15) is 5.82 Å². The number of anilines is 2. The molecule has 0 aliphatic heterocycles. The summed E-state index contributed by atoms with van der Waals surface area (Å²) in [6.45, 7) is 3.23. The fourth-order valence-electron chi connectivity index (χ4n) is 3.20. The summed E-state index contributed by atoms with van der Waals surface area (Å²) >= 11 is 6.90. The van der Waals surface area contributed by atoms with Gasteiger partial charge in [-0.3, -0.25) is 4.90 Å². The number of benzene rings is 3. The molecule has 0 radical (unpaired) electrons. The van der Waals surface area contributed by atoms with Crippen molar-refractivity contribution in [1.82, 2.24) is 4.90 Å². The number of rotatable bonds is 7. The van der Waals surface area contributed by atoms with Crippen molar-refractivity contribution in [2.45, 2.75) is 26.3 Å². The second-order valence-electron chi connectivity index (χ2n) is 6.93. The molecule has 0 spiro atoms. The van der Waals surface area contributed by atoms with E-state index in [1.807, 2.05) is 65.6 Å². The Bertz CT molecular complexity index is 960. The van der Waals surface area contributed by atoms with E-state index in [-0.39, 0.29) is 11.8 Å². The van der Waals surface area contributed by atoms with Crippen LogP contribution in [0.2, 0.25) is 0 Å². The molecule has 0 N–H and O–H groups in total. The van der Waals surface area contributed by atoms with E-state index in [9.17, 15) is 9.18 Å². The first-order valence-corrected chi connectivity index (χ1v) is 11.4. The van der Waals surface area contributed by atoms with Crippen molar-refractivity contribution in [3.8, 4) is 0 Å². The van der Waals surface area contributed by atoms with Crippen molar-refractivity contribution < 1.29 is 9.18 Å². The molecule has 2 amide bonds. The maximum absolute atomic E-state index is 13.9. The summed E-state index contributed by atoms with van der Waals surface area (Å²) in [6.07, 6.45) is 1.88. The lowest BCUT2D eigenvalue weighted by atomic mass is 10.2. The van der Waals surface area contributed by atoms with Crippen LogP contribution in [0.5, 0.6) is 0 Å². The minimum Gasteiger partial charge on any atom is -0.320 e. The molecule has 3 aromatic rings. The minimum atomic E-state index is -0.384. The van der Waals surface area contributed by atoms with Gasteiger partial charge in [-0.05, 0) is 68.1 Å². The van der Waals surface area contributed by atoms with Crippen LogP contribution in [0.1, 0.15) is 25.3 Å². The molecule has 3 rings (SSSR count). The van der Waals surface area contributed by atoms with Gasteiger partial charge in [-0.15, -0.1) is 0 Å². The van der Waals surface area contributed by atoms with Crippen molar-refractivity contribution in [2.75, 3.05) is 11.4 Å². The summed E-state index contributed by atoms with van der Waals surface area (Å²) in [5, 5.41) is 0. The number of para-hydroxylation sites is 1. The molecule has 0 fully saturated rings. The Morgan fingerprint density at radius 1 is 0.933 bits per heavy atom. The standard InChI is InChI=1S/C24H23Br2FN2O/c1-2-3-14-28(17-18-10-6-4-7-11-18)24(30)29(20-12-8-5-9-13-20)23-21(25)15-19(27)16-22(23)26/h4-13,15-16H,2-3,14,17H2,1H3. The van der Waals surface area contributed by atoms with Gasteiger partial charge in [0.05, 0.1) is 11.4 Å². The van der Waals surface area contributed by atoms with Gasteiger partial charge in [-0.25, -0.2) is 9.18 Å². The quantitative estimate of drug-likeness (QED) is 0.302. The van der Waals surface area contributed by atoms with E-state index in [4.69, 9.17) is 0 Å². The van der Waals surface area contributed by atoms with Gasteiger partial charge in [0.2, 0.25) is 0 Å². The highest BCUT2D eigenvalue weighted by Crippen LogP contribution is 2.40.